The minimum Gasteiger partial charge on any atom is -0.496 e. The van der Waals surface area contributed by atoms with Gasteiger partial charge in [-0.2, -0.15) is 0 Å². The zero-order valence-corrected chi connectivity index (χ0v) is 15.7. The van der Waals surface area contributed by atoms with Crippen LogP contribution >= 0.6 is 11.3 Å². The van der Waals surface area contributed by atoms with Crippen molar-refractivity contribution in [2.24, 2.45) is 0 Å². The van der Waals surface area contributed by atoms with Crippen LogP contribution in [-0.4, -0.2) is 29.1 Å². The second-order valence-corrected chi connectivity index (χ2v) is 7.32. The molecule has 25 heavy (non-hydrogen) atoms. The molecule has 1 aromatic carbocycles. The van der Waals surface area contributed by atoms with Crippen molar-refractivity contribution in [3.05, 3.63) is 45.4 Å². The molecule has 6 nitrogen and oxygen atoms in total. The SMILES string of the molecule is COc1ccccc1C(C)(C)C(=O)NC(C)c1nc(C)c(C(=O)O)s1. The molecule has 1 unspecified atom stereocenters. The highest BCUT2D eigenvalue weighted by Crippen LogP contribution is 2.32. The molecule has 0 bridgehead atoms. The van der Waals surface area contributed by atoms with Crippen molar-refractivity contribution in [1.82, 2.24) is 10.3 Å². The Bertz CT molecular complexity index is 798. The molecule has 1 aromatic heterocycles. The lowest BCUT2D eigenvalue weighted by atomic mass is 9.83. The van der Waals surface area contributed by atoms with Gasteiger partial charge >= 0.3 is 5.97 Å². The Morgan fingerprint density at radius 2 is 1.96 bits per heavy atom. The van der Waals surface area contributed by atoms with Gasteiger partial charge in [-0.25, -0.2) is 9.78 Å². The molecule has 0 radical (unpaired) electrons. The molecular formula is C18H22N2O4S. The zero-order valence-electron chi connectivity index (χ0n) is 14.9. The van der Waals surface area contributed by atoms with Crippen LogP contribution in [0.15, 0.2) is 24.3 Å². The first-order valence-electron chi connectivity index (χ1n) is 7.83. The number of hydrogen-bond acceptors (Lipinski definition) is 5. The summed E-state index contributed by atoms with van der Waals surface area (Å²) < 4.78 is 5.36. The third kappa shape index (κ3) is 3.82. The van der Waals surface area contributed by atoms with Gasteiger partial charge in [0.1, 0.15) is 15.6 Å². The van der Waals surface area contributed by atoms with Crippen molar-refractivity contribution in [3.63, 3.8) is 0 Å². The molecular weight excluding hydrogens is 340 g/mol. The second-order valence-electron chi connectivity index (χ2n) is 6.29. The normalized spacial score (nSPS) is 12.5. The van der Waals surface area contributed by atoms with Crippen molar-refractivity contribution in [1.29, 1.82) is 0 Å². The van der Waals surface area contributed by atoms with Gasteiger partial charge in [0.25, 0.3) is 0 Å². The van der Waals surface area contributed by atoms with Crippen molar-refractivity contribution < 1.29 is 19.4 Å². The summed E-state index contributed by atoms with van der Waals surface area (Å²) in [6.07, 6.45) is 0. The summed E-state index contributed by atoms with van der Waals surface area (Å²) in [5.41, 5.74) is 0.421. The Morgan fingerprint density at radius 1 is 1.32 bits per heavy atom. The van der Waals surface area contributed by atoms with Gasteiger partial charge in [0.05, 0.1) is 24.3 Å². The van der Waals surface area contributed by atoms with Crippen molar-refractivity contribution in [2.75, 3.05) is 7.11 Å². The molecule has 2 rings (SSSR count). The van der Waals surface area contributed by atoms with E-state index in [4.69, 9.17) is 9.84 Å². The van der Waals surface area contributed by atoms with E-state index in [9.17, 15) is 9.59 Å². The predicted molar refractivity (Wildman–Crippen MR) is 96.4 cm³/mol. The van der Waals surface area contributed by atoms with Crippen LogP contribution < -0.4 is 10.1 Å². The molecule has 1 atom stereocenters. The number of aromatic carboxylic acids is 1. The number of aryl methyl sites for hydroxylation is 1. The number of carboxylic acids is 1. The maximum atomic E-state index is 12.8. The van der Waals surface area contributed by atoms with E-state index < -0.39 is 17.4 Å². The summed E-state index contributed by atoms with van der Waals surface area (Å²) >= 11 is 1.08. The number of benzene rings is 1. The number of aromatic nitrogens is 1. The highest BCUT2D eigenvalue weighted by molar-refractivity contribution is 7.13. The molecule has 7 heteroatoms. The largest absolute Gasteiger partial charge is 0.496 e. The molecule has 1 heterocycles. The number of nitrogens with zero attached hydrogens (tertiary/aromatic N) is 1. The third-order valence-electron chi connectivity index (χ3n) is 4.07. The zero-order chi connectivity index (χ0) is 18.8. The predicted octanol–water partition coefficient (Wildman–Crippen LogP) is 3.31. The van der Waals surface area contributed by atoms with E-state index in [-0.39, 0.29) is 10.8 Å². The minimum absolute atomic E-state index is 0.186. The number of para-hydroxylation sites is 1. The van der Waals surface area contributed by atoms with E-state index in [0.29, 0.717) is 16.5 Å². The number of rotatable bonds is 6. The summed E-state index contributed by atoms with van der Waals surface area (Å²) in [4.78, 5) is 28.5. The van der Waals surface area contributed by atoms with E-state index in [1.807, 2.05) is 38.1 Å². The van der Waals surface area contributed by atoms with Gasteiger partial charge in [-0.05, 0) is 33.8 Å². The lowest BCUT2D eigenvalue weighted by Crippen LogP contribution is -2.41. The van der Waals surface area contributed by atoms with E-state index in [0.717, 1.165) is 16.9 Å². The van der Waals surface area contributed by atoms with Crippen LogP contribution in [0.1, 0.15) is 52.7 Å². The number of thiazole rings is 1. The van der Waals surface area contributed by atoms with Crippen LogP contribution in [0.5, 0.6) is 5.75 Å². The first-order valence-corrected chi connectivity index (χ1v) is 8.65. The third-order valence-corrected chi connectivity index (χ3v) is 5.40. The first kappa shape index (κ1) is 18.9. The molecule has 0 saturated heterocycles. The summed E-state index contributed by atoms with van der Waals surface area (Å²) in [6, 6.07) is 7.00. The number of carbonyl (C=O) groups is 2. The molecule has 2 N–H and O–H groups in total. The smallest absolute Gasteiger partial charge is 0.347 e. The summed E-state index contributed by atoms with van der Waals surface area (Å²) in [5.74, 6) is -0.545. The van der Waals surface area contributed by atoms with Crippen LogP contribution in [0.3, 0.4) is 0 Å². The minimum atomic E-state index is -1.01. The van der Waals surface area contributed by atoms with E-state index in [1.54, 1.807) is 21.0 Å². The summed E-state index contributed by atoms with van der Waals surface area (Å²) in [7, 11) is 1.57. The molecule has 0 spiro atoms. The number of carbonyl (C=O) groups excluding carboxylic acids is 1. The Kier molecular flexibility index (Phi) is 5.47. The molecule has 0 aliphatic heterocycles. The Balaban J connectivity index is 2.23. The van der Waals surface area contributed by atoms with E-state index in [2.05, 4.69) is 10.3 Å². The van der Waals surface area contributed by atoms with Gasteiger partial charge in [-0.15, -0.1) is 11.3 Å². The standard InChI is InChI=1S/C18H22N2O4S/c1-10-14(16(21)22)25-15(19-10)11(2)20-17(23)18(3,4)12-8-6-7-9-13(12)24-5/h6-9,11H,1-5H3,(H,20,23)(H,21,22). The Morgan fingerprint density at radius 3 is 2.52 bits per heavy atom. The quantitative estimate of drug-likeness (QED) is 0.823. The van der Waals surface area contributed by atoms with Crippen LogP contribution in [0.2, 0.25) is 0 Å². The van der Waals surface area contributed by atoms with Crippen molar-refractivity contribution in [2.45, 2.75) is 39.2 Å². The van der Waals surface area contributed by atoms with Gasteiger partial charge in [0, 0.05) is 5.56 Å². The molecule has 0 fully saturated rings. The van der Waals surface area contributed by atoms with Crippen molar-refractivity contribution in [3.8, 4) is 5.75 Å². The Labute approximate surface area is 150 Å². The van der Waals surface area contributed by atoms with Crippen LogP contribution in [0.25, 0.3) is 0 Å². The number of nitrogens with one attached hydrogen (secondary N) is 1. The molecule has 1 amide bonds. The number of methoxy groups -OCH3 is 1. The number of ether oxygens (including phenoxy) is 1. The molecule has 2 aromatic rings. The van der Waals surface area contributed by atoms with Crippen LogP contribution in [0, 0.1) is 6.92 Å². The molecule has 134 valence electrons. The van der Waals surface area contributed by atoms with E-state index >= 15 is 0 Å². The van der Waals surface area contributed by atoms with Crippen molar-refractivity contribution >= 4 is 23.2 Å². The molecule has 0 saturated carbocycles. The van der Waals surface area contributed by atoms with Crippen LogP contribution in [0.4, 0.5) is 0 Å². The lowest BCUT2D eigenvalue weighted by Gasteiger charge is -2.27. The highest BCUT2D eigenvalue weighted by atomic mass is 32.1. The first-order chi connectivity index (χ1) is 11.7. The summed E-state index contributed by atoms with van der Waals surface area (Å²) in [6.45, 7) is 7.09. The summed E-state index contributed by atoms with van der Waals surface area (Å²) in [5, 5.41) is 12.6. The number of hydrogen-bond donors (Lipinski definition) is 2. The van der Waals surface area contributed by atoms with Gasteiger partial charge in [0.15, 0.2) is 0 Å². The Hall–Kier alpha value is -2.41. The lowest BCUT2D eigenvalue weighted by molar-refractivity contribution is -0.126. The number of carboxylic acid groups (broad SMARTS) is 1. The maximum Gasteiger partial charge on any atom is 0.347 e. The molecule has 0 aliphatic carbocycles. The fourth-order valence-corrected chi connectivity index (χ4v) is 3.43. The fourth-order valence-electron chi connectivity index (χ4n) is 2.52. The topological polar surface area (TPSA) is 88.5 Å². The highest BCUT2D eigenvalue weighted by Gasteiger charge is 2.34. The fraction of sp³-hybridized carbons (Fsp3) is 0.389. The van der Waals surface area contributed by atoms with Gasteiger partial charge in [-0.3, -0.25) is 4.79 Å². The monoisotopic (exact) mass is 362 g/mol. The maximum absolute atomic E-state index is 12.8. The molecule has 0 aliphatic rings. The van der Waals surface area contributed by atoms with Gasteiger partial charge in [-0.1, -0.05) is 18.2 Å². The van der Waals surface area contributed by atoms with Gasteiger partial charge in [0.2, 0.25) is 5.91 Å². The van der Waals surface area contributed by atoms with E-state index in [1.165, 1.54) is 0 Å². The average molecular weight is 362 g/mol. The second kappa shape index (κ2) is 7.23. The van der Waals surface area contributed by atoms with Crippen LogP contribution in [-0.2, 0) is 10.2 Å². The number of amides is 1. The van der Waals surface area contributed by atoms with Gasteiger partial charge < -0.3 is 15.2 Å². The average Bonchev–Trinajstić information content (AvgIpc) is 2.96.